The van der Waals surface area contributed by atoms with Crippen molar-refractivity contribution >= 4 is 43.9 Å². The number of para-hydroxylation sites is 1. The minimum absolute atomic E-state index is 0.00154. The van der Waals surface area contributed by atoms with Gasteiger partial charge in [0.25, 0.3) is 11.5 Å². The lowest BCUT2D eigenvalue weighted by Crippen LogP contribution is -2.39. The molecule has 1 aliphatic heterocycles. The van der Waals surface area contributed by atoms with Gasteiger partial charge in [0.05, 0.1) is 10.9 Å². The second-order valence-corrected chi connectivity index (χ2v) is 9.14. The van der Waals surface area contributed by atoms with Crippen molar-refractivity contribution in [2.45, 2.75) is 26.7 Å². The highest BCUT2D eigenvalue weighted by Crippen LogP contribution is 2.25. The average molecular weight is 434 g/mol. The summed E-state index contributed by atoms with van der Waals surface area (Å²) in [5.74, 6) is 0.513. The quantitative estimate of drug-likeness (QED) is 0.523. The maximum Gasteiger partial charge on any atom is 0.283 e. The van der Waals surface area contributed by atoms with E-state index in [4.69, 9.17) is 0 Å². The number of nitrogens with one attached hydrogen (secondary N) is 1. The molecule has 1 aliphatic rings. The molecule has 0 aliphatic carbocycles. The van der Waals surface area contributed by atoms with E-state index in [-0.39, 0.29) is 11.5 Å². The van der Waals surface area contributed by atoms with Crippen molar-refractivity contribution in [2.75, 3.05) is 18.4 Å². The lowest BCUT2D eigenvalue weighted by atomic mass is 9.99. The molecule has 1 fully saturated rings. The number of carbonyl (C=O) groups is 1. The molecule has 1 saturated heterocycles. The van der Waals surface area contributed by atoms with Gasteiger partial charge in [0.2, 0.25) is 10.1 Å². The van der Waals surface area contributed by atoms with E-state index in [0.29, 0.717) is 32.5 Å². The van der Waals surface area contributed by atoms with Gasteiger partial charge in [-0.15, -0.1) is 5.10 Å². The Balaban J connectivity index is 1.51. The molecule has 0 saturated carbocycles. The smallest absolute Gasteiger partial charge is 0.283 e. The minimum Gasteiger partial charge on any atom is -0.338 e. The molecule has 1 unspecified atom stereocenters. The van der Waals surface area contributed by atoms with Gasteiger partial charge in [0.1, 0.15) is 0 Å². The zero-order valence-corrected chi connectivity index (χ0v) is 18.3. The van der Waals surface area contributed by atoms with Crippen molar-refractivity contribution in [3.05, 3.63) is 63.9 Å². The van der Waals surface area contributed by atoms with E-state index in [9.17, 15) is 9.59 Å². The fourth-order valence-electron chi connectivity index (χ4n) is 4.08. The molecule has 3 heterocycles. The Kier molecular flexibility index (Phi) is 4.94. The summed E-state index contributed by atoms with van der Waals surface area (Å²) in [5, 5.41) is 8.72. The third kappa shape index (κ3) is 3.67. The zero-order chi connectivity index (χ0) is 21.5. The number of aryl methyl sites for hydroxylation is 1. The molecule has 7 nitrogen and oxygen atoms in total. The van der Waals surface area contributed by atoms with Crippen LogP contribution in [0, 0.1) is 12.8 Å². The minimum atomic E-state index is -0.236. The molecule has 158 valence electrons. The van der Waals surface area contributed by atoms with Crippen LogP contribution in [0.4, 0.5) is 10.8 Å². The molecule has 5 rings (SSSR count). The standard InChI is InChI=1S/C23H23N5O2S/c1-14-6-5-11-27(13-14)20(29)16-9-10-17-19(12-16)25-23-28(21(17)30)26-22(31-23)24-18-8-4-3-7-15(18)2/h3-4,7-10,12,14H,5-6,11,13H2,1-2H3,(H,24,26). The summed E-state index contributed by atoms with van der Waals surface area (Å²) in [5.41, 5.74) is 2.87. The second-order valence-electron chi connectivity index (χ2n) is 8.19. The number of hydrogen-bond donors (Lipinski definition) is 1. The summed E-state index contributed by atoms with van der Waals surface area (Å²) in [4.78, 5) is 33.0. The number of piperidine rings is 1. The number of likely N-dealkylation sites (tertiary alicyclic amines) is 1. The van der Waals surface area contributed by atoms with E-state index in [1.807, 2.05) is 36.1 Å². The van der Waals surface area contributed by atoms with Crippen LogP contribution >= 0.6 is 11.3 Å². The summed E-state index contributed by atoms with van der Waals surface area (Å²) in [6.07, 6.45) is 2.18. The summed E-state index contributed by atoms with van der Waals surface area (Å²) in [7, 11) is 0. The fraction of sp³-hybridized carbons (Fsp3) is 0.304. The van der Waals surface area contributed by atoms with Crippen LogP contribution in [0.1, 0.15) is 35.7 Å². The lowest BCUT2D eigenvalue weighted by Gasteiger charge is -2.31. The van der Waals surface area contributed by atoms with Gasteiger partial charge in [0.15, 0.2) is 0 Å². The highest BCUT2D eigenvalue weighted by molar-refractivity contribution is 7.20. The molecule has 31 heavy (non-hydrogen) atoms. The molecule has 1 N–H and O–H groups in total. The number of rotatable bonds is 3. The number of nitrogens with zero attached hydrogens (tertiary/aromatic N) is 4. The molecular formula is C23H23N5O2S. The molecule has 1 atom stereocenters. The highest BCUT2D eigenvalue weighted by atomic mass is 32.1. The Hall–Kier alpha value is -3.26. The molecular weight excluding hydrogens is 410 g/mol. The second kappa shape index (κ2) is 7.77. The van der Waals surface area contributed by atoms with E-state index in [1.54, 1.807) is 18.2 Å². The summed E-state index contributed by atoms with van der Waals surface area (Å²) >= 11 is 1.31. The Bertz CT molecular complexity index is 1360. The van der Waals surface area contributed by atoms with Crippen LogP contribution in [0.25, 0.3) is 15.9 Å². The maximum atomic E-state index is 13.0. The van der Waals surface area contributed by atoms with E-state index in [2.05, 4.69) is 22.3 Å². The largest absolute Gasteiger partial charge is 0.338 e. The van der Waals surface area contributed by atoms with Gasteiger partial charge in [-0.1, -0.05) is 36.5 Å². The van der Waals surface area contributed by atoms with Crippen LogP contribution in [0.2, 0.25) is 0 Å². The highest BCUT2D eigenvalue weighted by Gasteiger charge is 2.23. The first kappa shape index (κ1) is 19.7. The van der Waals surface area contributed by atoms with Crippen LogP contribution in [-0.2, 0) is 0 Å². The number of aromatic nitrogens is 3. The first-order valence-corrected chi connectivity index (χ1v) is 11.3. The van der Waals surface area contributed by atoms with Crippen molar-refractivity contribution in [3.63, 3.8) is 0 Å². The van der Waals surface area contributed by atoms with Crippen LogP contribution in [0.15, 0.2) is 47.3 Å². The summed E-state index contributed by atoms with van der Waals surface area (Å²) < 4.78 is 1.32. The molecule has 1 amide bonds. The summed E-state index contributed by atoms with van der Waals surface area (Å²) in [6.45, 7) is 5.73. The molecule has 4 aromatic rings. The first-order chi connectivity index (χ1) is 15.0. The molecule has 0 bridgehead atoms. The van der Waals surface area contributed by atoms with Gasteiger partial charge in [-0.3, -0.25) is 9.59 Å². The molecule has 8 heteroatoms. The van der Waals surface area contributed by atoms with Crippen molar-refractivity contribution < 1.29 is 4.79 Å². The van der Waals surface area contributed by atoms with Crippen molar-refractivity contribution in [3.8, 4) is 0 Å². The monoisotopic (exact) mass is 433 g/mol. The lowest BCUT2D eigenvalue weighted by molar-refractivity contribution is 0.0683. The number of fused-ring (bicyclic) bond motifs is 2. The predicted molar refractivity (Wildman–Crippen MR) is 123 cm³/mol. The number of hydrogen-bond acceptors (Lipinski definition) is 6. The number of benzene rings is 2. The third-order valence-corrected chi connectivity index (χ3v) is 6.60. The number of amides is 1. The molecule has 2 aromatic carbocycles. The third-order valence-electron chi connectivity index (χ3n) is 5.77. The van der Waals surface area contributed by atoms with Gasteiger partial charge in [-0.05, 0) is 55.5 Å². The van der Waals surface area contributed by atoms with E-state index in [1.165, 1.54) is 15.9 Å². The number of anilines is 2. The SMILES string of the molecule is Cc1ccccc1Nc1nn2c(=O)c3ccc(C(=O)N4CCCC(C)C4)cc3nc2s1. The van der Waals surface area contributed by atoms with Crippen LogP contribution < -0.4 is 10.9 Å². The molecule has 0 spiro atoms. The van der Waals surface area contributed by atoms with Crippen molar-refractivity contribution in [1.82, 2.24) is 19.5 Å². The topological polar surface area (TPSA) is 79.6 Å². The normalized spacial score (nSPS) is 16.7. The van der Waals surface area contributed by atoms with E-state index < -0.39 is 0 Å². The van der Waals surface area contributed by atoms with E-state index in [0.717, 1.165) is 37.2 Å². The van der Waals surface area contributed by atoms with Crippen LogP contribution in [0.5, 0.6) is 0 Å². The van der Waals surface area contributed by atoms with Gasteiger partial charge >= 0.3 is 0 Å². The van der Waals surface area contributed by atoms with Gasteiger partial charge in [-0.2, -0.15) is 4.52 Å². The molecule has 0 radical (unpaired) electrons. The van der Waals surface area contributed by atoms with Gasteiger partial charge < -0.3 is 10.2 Å². The summed E-state index contributed by atoms with van der Waals surface area (Å²) in [6, 6.07) is 13.0. The fourth-order valence-corrected chi connectivity index (χ4v) is 4.89. The Labute approximate surface area is 183 Å². The van der Waals surface area contributed by atoms with Gasteiger partial charge in [-0.25, -0.2) is 4.98 Å². The van der Waals surface area contributed by atoms with Crippen LogP contribution in [0.3, 0.4) is 0 Å². The van der Waals surface area contributed by atoms with Crippen LogP contribution in [-0.4, -0.2) is 38.5 Å². The van der Waals surface area contributed by atoms with Gasteiger partial charge in [0, 0.05) is 24.3 Å². The molecule has 2 aromatic heterocycles. The Morgan fingerprint density at radius 1 is 1.23 bits per heavy atom. The van der Waals surface area contributed by atoms with Crippen molar-refractivity contribution in [1.29, 1.82) is 0 Å². The van der Waals surface area contributed by atoms with E-state index >= 15 is 0 Å². The zero-order valence-electron chi connectivity index (χ0n) is 17.5. The Morgan fingerprint density at radius 3 is 2.87 bits per heavy atom. The first-order valence-electron chi connectivity index (χ1n) is 10.4. The number of carbonyl (C=O) groups excluding carboxylic acids is 1. The Morgan fingerprint density at radius 2 is 2.06 bits per heavy atom. The average Bonchev–Trinajstić information content (AvgIpc) is 3.17. The maximum absolute atomic E-state index is 13.0. The predicted octanol–water partition coefficient (Wildman–Crippen LogP) is 4.23. The van der Waals surface area contributed by atoms with Crippen molar-refractivity contribution in [2.24, 2.45) is 5.92 Å².